The van der Waals surface area contributed by atoms with Crippen molar-refractivity contribution in [2.45, 2.75) is 0 Å². The quantitative estimate of drug-likeness (QED) is 0.170. The van der Waals surface area contributed by atoms with Crippen LogP contribution in [0, 0.1) is 0 Å². The maximum Gasteiger partial charge on any atom is 0.143 e. The Morgan fingerprint density at radius 3 is 1.80 bits per heavy atom. The first-order valence-corrected chi connectivity index (χ1v) is 19.5. The maximum atomic E-state index is 6.50. The van der Waals surface area contributed by atoms with Crippen molar-refractivity contribution in [1.82, 2.24) is 0 Å². The van der Waals surface area contributed by atoms with Gasteiger partial charge in [0, 0.05) is 47.6 Å². The van der Waals surface area contributed by atoms with Crippen LogP contribution in [0.25, 0.3) is 86.3 Å². The Bertz CT molecular complexity index is 3190. The fraction of sp³-hybridized carbons (Fsp3) is 0. The predicted octanol–water partition coefficient (Wildman–Crippen LogP) is 15.6. The molecule has 11 aromatic rings. The van der Waals surface area contributed by atoms with Gasteiger partial charge in [-0.1, -0.05) is 152 Å². The molecular weight excluding hydrogens is 687 g/mol. The minimum absolute atomic E-state index is 0.895. The van der Waals surface area contributed by atoms with Gasteiger partial charge in [0.1, 0.15) is 11.2 Å². The minimum atomic E-state index is 0.895. The van der Waals surface area contributed by atoms with Crippen LogP contribution in [0.15, 0.2) is 205 Å². The summed E-state index contributed by atoms with van der Waals surface area (Å²) in [5.74, 6) is 0. The molecule has 0 N–H and O–H groups in total. The van der Waals surface area contributed by atoms with E-state index in [0.717, 1.165) is 55.6 Å². The summed E-state index contributed by atoms with van der Waals surface area (Å²) in [6, 6.07) is 72.1. The standard InChI is InChI=1S/C52H33NOS/c1-3-13-35(14-4-1)39-30-31-46(42-18-8-7-17-41(39)42)53(47-22-12-24-50-51(47)44-19-9-10-23-49(44)55-50)38-28-25-34(26-29-38)37-27-32-48-45(33-37)43-21-11-20-40(52(43)54-48)36-15-5-2-6-16-36/h1-33H. The van der Waals surface area contributed by atoms with Crippen LogP contribution in [0.1, 0.15) is 0 Å². The average Bonchev–Trinajstić information content (AvgIpc) is 3.83. The molecule has 3 heteroatoms. The van der Waals surface area contributed by atoms with Gasteiger partial charge in [-0.25, -0.2) is 0 Å². The lowest BCUT2D eigenvalue weighted by Gasteiger charge is -2.28. The van der Waals surface area contributed by atoms with E-state index in [4.69, 9.17) is 4.42 Å². The molecule has 0 aliphatic rings. The zero-order valence-corrected chi connectivity index (χ0v) is 30.6. The smallest absolute Gasteiger partial charge is 0.143 e. The van der Waals surface area contributed by atoms with Gasteiger partial charge >= 0.3 is 0 Å². The third-order valence-corrected chi connectivity index (χ3v) is 12.0. The molecule has 9 aromatic carbocycles. The molecule has 2 nitrogen and oxygen atoms in total. The summed E-state index contributed by atoms with van der Waals surface area (Å²) < 4.78 is 9.08. The highest BCUT2D eigenvalue weighted by Gasteiger charge is 2.21. The lowest BCUT2D eigenvalue weighted by molar-refractivity contribution is 0.670. The number of hydrogen-bond acceptors (Lipinski definition) is 3. The predicted molar refractivity (Wildman–Crippen MR) is 235 cm³/mol. The molecule has 2 heterocycles. The van der Waals surface area contributed by atoms with Gasteiger partial charge in [-0.2, -0.15) is 0 Å². The van der Waals surface area contributed by atoms with Gasteiger partial charge in [0.25, 0.3) is 0 Å². The van der Waals surface area contributed by atoms with Crippen LogP contribution in [-0.4, -0.2) is 0 Å². The number of hydrogen-bond donors (Lipinski definition) is 0. The normalized spacial score (nSPS) is 11.6. The van der Waals surface area contributed by atoms with E-state index in [1.165, 1.54) is 47.8 Å². The summed E-state index contributed by atoms with van der Waals surface area (Å²) in [6.45, 7) is 0. The van der Waals surface area contributed by atoms with Crippen molar-refractivity contribution in [3.05, 3.63) is 200 Å². The van der Waals surface area contributed by atoms with E-state index in [1.807, 2.05) is 17.4 Å². The van der Waals surface area contributed by atoms with E-state index >= 15 is 0 Å². The molecule has 0 aliphatic heterocycles. The Labute approximate surface area is 322 Å². The van der Waals surface area contributed by atoms with Crippen LogP contribution in [0.5, 0.6) is 0 Å². The first-order valence-electron chi connectivity index (χ1n) is 18.7. The monoisotopic (exact) mass is 719 g/mol. The minimum Gasteiger partial charge on any atom is -0.455 e. The Hall–Kier alpha value is -6.94. The molecule has 2 aromatic heterocycles. The first kappa shape index (κ1) is 31.6. The number of anilines is 3. The Kier molecular flexibility index (Phi) is 7.39. The third-order valence-electron chi connectivity index (χ3n) is 10.9. The highest BCUT2D eigenvalue weighted by molar-refractivity contribution is 7.26. The number of benzene rings is 9. The maximum absolute atomic E-state index is 6.50. The molecule has 0 saturated carbocycles. The molecule has 258 valence electrons. The van der Waals surface area contributed by atoms with Gasteiger partial charge in [-0.05, 0) is 81.7 Å². The lowest BCUT2D eigenvalue weighted by atomic mass is 9.96. The fourth-order valence-electron chi connectivity index (χ4n) is 8.32. The summed E-state index contributed by atoms with van der Waals surface area (Å²) in [5.41, 5.74) is 12.3. The van der Waals surface area contributed by atoms with E-state index < -0.39 is 0 Å². The molecule has 0 unspecified atom stereocenters. The van der Waals surface area contributed by atoms with Crippen LogP contribution in [0.2, 0.25) is 0 Å². The highest BCUT2D eigenvalue weighted by Crippen LogP contribution is 2.48. The van der Waals surface area contributed by atoms with Gasteiger partial charge < -0.3 is 9.32 Å². The number of nitrogens with zero attached hydrogens (tertiary/aromatic N) is 1. The second-order valence-corrected chi connectivity index (χ2v) is 15.1. The molecule has 0 amide bonds. The summed E-state index contributed by atoms with van der Waals surface area (Å²) in [7, 11) is 0. The van der Waals surface area contributed by atoms with Crippen molar-refractivity contribution in [1.29, 1.82) is 0 Å². The van der Waals surface area contributed by atoms with Crippen LogP contribution in [0.4, 0.5) is 17.1 Å². The summed E-state index contributed by atoms with van der Waals surface area (Å²) >= 11 is 1.85. The van der Waals surface area contributed by atoms with Crippen molar-refractivity contribution >= 4 is 81.3 Å². The number of rotatable bonds is 6. The molecular formula is C52H33NOS. The highest BCUT2D eigenvalue weighted by atomic mass is 32.1. The second-order valence-electron chi connectivity index (χ2n) is 14.0. The average molecular weight is 720 g/mol. The molecule has 0 aliphatic carbocycles. The number of thiophene rings is 1. The molecule has 55 heavy (non-hydrogen) atoms. The van der Waals surface area contributed by atoms with Gasteiger partial charge in [-0.15, -0.1) is 11.3 Å². The third kappa shape index (κ3) is 5.24. The molecule has 0 saturated heterocycles. The van der Waals surface area contributed by atoms with Crippen LogP contribution < -0.4 is 4.90 Å². The van der Waals surface area contributed by atoms with Crippen molar-refractivity contribution in [2.75, 3.05) is 4.90 Å². The topological polar surface area (TPSA) is 16.4 Å². The first-order chi connectivity index (χ1) is 27.3. The summed E-state index contributed by atoms with van der Waals surface area (Å²) in [5, 5.41) is 7.24. The molecule has 0 bridgehead atoms. The van der Waals surface area contributed by atoms with Crippen LogP contribution >= 0.6 is 11.3 Å². The van der Waals surface area contributed by atoms with Gasteiger partial charge in [0.2, 0.25) is 0 Å². The molecule has 0 fully saturated rings. The van der Waals surface area contributed by atoms with Crippen molar-refractivity contribution in [3.8, 4) is 33.4 Å². The molecule has 0 radical (unpaired) electrons. The van der Waals surface area contributed by atoms with E-state index in [9.17, 15) is 0 Å². The fourth-order valence-corrected chi connectivity index (χ4v) is 9.45. The van der Waals surface area contributed by atoms with Gasteiger partial charge in [-0.3, -0.25) is 0 Å². The summed E-state index contributed by atoms with van der Waals surface area (Å²) in [6.07, 6.45) is 0. The SMILES string of the molecule is c1ccc(-c2ccc(N(c3ccc(-c4ccc5oc6c(-c7ccccc7)cccc6c5c4)cc3)c3cccc4sc5ccccc5c34)c3ccccc23)cc1. The molecule has 0 atom stereocenters. The molecule has 0 spiro atoms. The number of fused-ring (bicyclic) bond motifs is 7. The number of furan rings is 1. The van der Waals surface area contributed by atoms with E-state index in [1.54, 1.807) is 0 Å². The largest absolute Gasteiger partial charge is 0.455 e. The zero-order valence-electron chi connectivity index (χ0n) is 29.8. The van der Waals surface area contributed by atoms with Crippen LogP contribution in [0.3, 0.4) is 0 Å². The van der Waals surface area contributed by atoms with Gasteiger partial charge in [0.05, 0.1) is 11.4 Å². The van der Waals surface area contributed by atoms with E-state index in [-0.39, 0.29) is 0 Å². The summed E-state index contributed by atoms with van der Waals surface area (Å²) in [4.78, 5) is 2.46. The van der Waals surface area contributed by atoms with Crippen LogP contribution in [-0.2, 0) is 0 Å². The van der Waals surface area contributed by atoms with Gasteiger partial charge in [0.15, 0.2) is 0 Å². The van der Waals surface area contributed by atoms with Crippen molar-refractivity contribution in [2.24, 2.45) is 0 Å². The van der Waals surface area contributed by atoms with E-state index in [0.29, 0.717) is 0 Å². The second kappa shape index (κ2) is 12.9. The zero-order chi connectivity index (χ0) is 36.3. The van der Waals surface area contributed by atoms with Crippen molar-refractivity contribution < 1.29 is 4.42 Å². The molecule has 11 rings (SSSR count). The Balaban J connectivity index is 1.08. The lowest BCUT2D eigenvalue weighted by Crippen LogP contribution is -2.11. The van der Waals surface area contributed by atoms with E-state index in [2.05, 4.69) is 199 Å². The van der Waals surface area contributed by atoms with Crippen molar-refractivity contribution in [3.63, 3.8) is 0 Å². The Morgan fingerprint density at radius 2 is 1.00 bits per heavy atom. The number of para-hydroxylation sites is 1. The Morgan fingerprint density at radius 1 is 0.364 bits per heavy atom.